The van der Waals surface area contributed by atoms with Crippen LogP contribution in [0, 0.1) is 11.3 Å². The second-order valence-electron chi connectivity index (χ2n) is 6.01. The molecule has 0 unspecified atom stereocenters. The molecule has 0 radical (unpaired) electrons. The van der Waals surface area contributed by atoms with Crippen LogP contribution in [0.25, 0.3) is 0 Å². The number of benzene rings is 2. The number of anilines is 2. The van der Waals surface area contributed by atoms with Crippen LogP contribution in [0.4, 0.5) is 11.4 Å². The number of hydrogen-bond donors (Lipinski definition) is 1. The lowest BCUT2D eigenvalue weighted by molar-refractivity contribution is 0.0371. The summed E-state index contributed by atoms with van der Waals surface area (Å²) in [5.41, 5.74) is 1.65. The number of fused-ring (bicyclic) bond motifs is 2. The molecule has 1 atom stereocenters. The summed E-state index contributed by atoms with van der Waals surface area (Å²) < 4.78 is 5.75. The van der Waals surface area contributed by atoms with Gasteiger partial charge in [0, 0.05) is 22.3 Å². The van der Waals surface area contributed by atoms with Crippen LogP contribution >= 0.6 is 23.2 Å². The van der Waals surface area contributed by atoms with Gasteiger partial charge in [-0.15, -0.1) is 0 Å². The van der Waals surface area contributed by atoms with Crippen molar-refractivity contribution >= 4 is 40.5 Å². The number of nitriles is 1. The predicted octanol–water partition coefficient (Wildman–Crippen LogP) is 5.05. The number of ether oxygens (including phenoxy) is 1. The minimum Gasteiger partial charge on any atom is -0.449 e. The highest BCUT2D eigenvalue weighted by molar-refractivity contribution is 6.31. The second-order valence-corrected chi connectivity index (χ2v) is 6.80. The van der Waals surface area contributed by atoms with E-state index in [0.717, 1.165) is 5.06 Å². The van der Waals surface area contributed by atoms with Crippen molar-refractivity contribution in [3.05, 3.63) is 87.2 Å². The topological polar surface area (TPSA) is 86.5 Å². The summed E-state index contributed by atoms with van der Waals surface area (Å²) in [6.45, 7) is 0. The van der Waals surface area contributed by atoms with Crippen LogP contribution < -0.4 is 5.06 Å². The van der Waals surface area contributed by atoms with Gasteiger partial charge in [0.1, 0.15) is 16.8 Å². The van der Waals surface area contributed by atoms with Gasteiger partial charge in [0.25, 0.3) is 0 Å². The first-order chi connectivity index (χ1) is 13.5. The Morgan fingerprint density at radius 2 is 1.96 bits per heavy atom. The molecule has 2 heterocycles. The Hall–Kier alpha value is -3.11. The SMILES string of the molecule is N#Cc1c(Cl)ncc2c1N(O)c1ccccc1[C@H]2OC(=O)c1cccc(Cl)c1. The summed E-state index contributed by atoms with van der Waals surface area (Å²) in [5.74, 6) is -0.604. The molecule has 1 aliphatic rings. The normalized spacial score (nSPS) is 14.6. The number of para-hydroxylation sites is 1. The van der Waals surface area contributed by atoms with E-state index in [-0.39, 0.29) is 22.0 Å². The molecule has 0 saturated carbocycles. The van der Waals surface area contributed by atoms with Gasteiger partial charge in [0.15, 0.2) is 6.10 Å². The summed E-state index contributed by atoms with van der Waals surface area (Å²) >= 11 is 12.0. The Bertz CT molecular complexity index is 1140. The first-order valence-corrected chi connectivity index (χ1v) is 8.90. The molecule has 1 aliphatic heterocycles. The molecule has 2 aromatic carbocycles. The number of carbonyl (C=O) groups excluding carboxylic acids is 1. The van der Waals surface area contributed by atoms with E-state index in [1.807, 2.05) is 6.07 Å². The number of nitrogens with zero attached hydrogens (tertiary/aromatic N) is 3. The number of pyridine rings is 1. The maximum atomic E-state index is 12.7. The van der Waals surface area contributed by atoms with Crippen molar-refractivity contribution in [3.8, 4) is 6.07 Å². The van der Waals surface area contributed by atoms with Gasteiger partial charge in [0.2, 0.25) is 0 Å². The van der Waals surface area contributed by atoms with Gasteiger partial charge in [-0.1, -0.05) is 47.5 Å². The number of carbonyl (C=O) groups is 1. The molecule has 1 N–H and O–H groups in total. The third-order valence-corrected chi connectivity index (χ3v) is 4.89. The third-order valence-electron chi connectivity index (χ3n) is 4.37. The molecular weight excluding hydrogens is 401 g/mol. The van der Waals surface area contributed by atoms with E-state index in [1.54, 1.807) is 42.5 Å². The Labute approximate surface area is 170 Å². The summed E-state index contributed by atoms with van der Waals surface area (Å²) in [7, 11) is 0. The van der Waals surface area contributed by atoms with E-state index < -0.39 is 12.1 Å². The molecule has 0 fully saturated rings. The fourth-order valence-corrected chi connectivity index (χ4v) is 3.49. The molecule has 8 heteroatoms. The number of aromatic nitrogens is 1. The monoisotopic (exact) mass is 411 g/mol. The number of esters is 1. The highest BCUT2D eigenvalue weighted by Gasteiger charge is 2.36. The average molecular weight is 412 g/mol. The van der Waals surface area contributed by atoms with E-state index in [9.17, 15) is 15.3 Å². The Morgan fingerprint density at radius 3 is 2.71 bits per heavy atom. The second kappa shape index (κ2) is 7.13. The summed E-state index contributed by atoms with van der Waals surface area (Å²) in [5, 5.41) is 21.4. The molecule has 3 aromatic rings. The van der Waals surface area contributed by atoms with Gasteiger partial charge in [-0.25, -0.2) is 14.8 Å². The zero-order valence-corrected chi connectivity index (χ0v) is 15.6. The Kier molecular flexibility index (Phi) is 4.65. The molecule has 0 aliphatic carbocycles. The van der Waals surface area contributed by atoms with Crippen LogP contribution in [0.2, 0.25) is 10.2 Å². The highest BCUT2D eigenvalue weighted by Crippen LogP contribution is 2.47. The first kappa shape index (κ1) is 18.3. The standard InChI is InChI=1S/C20H11Cl2N3O3/c21-12-5-3-4-11(8-12)20(26)28-18-13-6-1-2-7-16(13)25(27)17-14(9-23)19(22)24-10-15(17)18/h1-8,10,18,27H/t18-/m1/s1. The van der Waals surface area contributed by atoms with Crippen molar-refractivity contribution in [1.82, 2.24) is 4.98 Å². The van der Waals surface area contributed by atoms with E-state index in [0.29, 0.717) is 21.8 Å². The van der Waals surface area contributed by atoms with Crippen LogP contribution in [-0.2, 0) is 4.74 Å². The van der Waals surface area contributed by atoms with Crippen molar-refractivity contribution in [1.29, 1.82) is 5.26 Å². The largest absolute Gasteiger partial charge is 0.449 e. The fraction of sp³-hybridized carbons (Fsp3) is 0.0500. The van der Waals surface area contributed by atoms with E-state index >= 15 is 0 Å². The smallest absolute Gasteiger partial charge is 0.339 e. The zero-order valence-electron chi connectivity index (χ0n) is 14.1. The number of rotatable bonds is 2. The minimum absolute atomic E-state index is 0.0139. The van der Waals surface area contributed by atoms with Crippen LogP contribution in [0.3, 0.4) is 0 Å². The zero-order chi connectivity index (χ0) is 19.8. The van der Waals surface area contributed by atoms with Gasteiger partial charge < -0.3 is 4.74 Å². The molecule has 0 spiro atoms. The molecule has 0 bridgehead atoms. The molecule has 0 amide bonds. The van der Waals surface area contributed by atoms with Crippen molar-refractivity contribution in [2.75, 3.05) is 5.06 Å². The molecular formula is C20H11Cl2N3O3. The number of hydrogen-bond acceptors (Lipinski definition) is 6. The fourth-order valence-electron chi connectivity index (χ4n) is 3.12. The Morgan fingerprint density at radius 1 is 1.18 bits per heavy atom. The van der Waals surface area contributed by atoms with Crippen molar-refractivity contribution in [2.45, 2.75) is 6.10 Å². The van der Waals surface area contributed by atoms with Crippen LogP contribution in [0.1, 0.15) is 33.2 Å². The average Bonchev–Trinajstić information content (AvgIpc) is 2.71. The quantitative estimate of drug-likeness (QED) is 0.469. The molecule has 4 rings (SSSR count). The van der Waals surface area contributed by atoms with Gasteiger partial charge in [-0.05, 0) is 24.3 Å². The van der Waals surface area contributed by atoms with E-state index in [4.69, 9.17) is 27.9 Å². The van der Waals surface area contributed by atoms with Gasteiger partial charge >= 0.3 is 5.97 Å². The third kappa shape index (κ3) is 2.96. The van der Waals surface area contributed by atoms with Crippen molar-refractivity contribution < 1.29 is 14.7 Å². The lowest BCUT2D eigenvalue weighted by Crippen LogP contribution is -2.26. The molecule has 1 aromatic heterocycles. The maximum absolute atomic E-state index is 12.7. The summed E-state index contributed by atoms with van der Waals surface area (Å²) in [6, 6.07) is 15.2. The lowest BCUT2D eigenvalue weighted by Gasteiger charge is -2.33. The minimum atomic E-state index is -0.891. The van der Waals surface area contributed by atoms with E-state index in [2.05, 4.69) is 4.98 Å². The van der Waals surface area contributed by atoms with E-state index in [1.165, 1.54) is 12.3 Å². The molecule has 6 nitrogen and oxygen atoms in total. The maximum Gasteiger partial charge on any atom is 0.339 e. The summed E-state index contributed by atoms with van der Waals surface area (Å²) in [6.07, 6.45) is 0.492. The van der Waals surface area contributed by atoms with Crippen LogP contribution in [0.15, 0.2) is 54.7 Å². The van der Waals surface area contributed by atoms with Crippen molar-refractivity contribution in [2.24, 2.45) is 0 Å². The predicted molar refractivity (Wildman–Crippen MR) is 103 cm³/mol. The lowest BCUT2D eigenvalue weighted by atomic mass is 9.93. The Balaban J connectivity index is 1.85. The number of halogens is 2. The molecule has 138 valence electrons. The highest BCUT2D eigenvalue weighted by atomic mass is 35.5. The molecule has 28 heavy (non-hydrogen) atoms. The molecule has 0 saturated heterocycles. The van der Waals surface area contributed by atoms with Gasteiger partial charge in [-0.3, -0.25) is 5.21 Å². The van der Waals surface area contributed by atoms with Gasteiger partial charge in [0.05, 0.1) is 16.9 Å². The van der Waals surface area contributed by atoms with Crippen LogP contribution in [-0.4, -0.2) is 16.2 Å². The summed E-state index contributed by atoms with van der Waals surface area (Å²) in [4.78, 5) is 16.7. The van der Waals surface area contributed by atoms with Gasteiger partial charge in [-0.2, -0.15) is 5.26 Å². The first-order valence-electron chi connectivity index (χ1n) is 8.14. The van der Waals surface area contributed by atoms with Crippen LogP contribution in [0.5, 0.6) is 0 Å². The van der Waals surface area contributed by atoms with Crippen molar-refractivity contribution in [3.63, 3.8) is 0 Å².